The standard InChI is InChI=1S/C43H47N11O3S/c44-23-28-21-31-2-4-36(54(31)47-24-28)35-22-34(48-30-7-19-57-20-8-30)33(26-45-35)40-50-51-41(58-40)43-12-9-42(10-13-43,11-14-43)27-52-15-17-53(18-16-52)37-5-1-29(25-46-37)32-3-6-38(55)49-39(32)56/h1-2,4-5,21-22,24-26,30,32H,3,6-20,27H2,(H,45,48)(H,49,55,56)/t32-,42?,43?/m0/s1. The second kappa shape index (κ2) is 15.1. The molecule has 15 heteroatoms. The van der Waals surface area contributed by atoms with Crippen LogP contribution >= 0.6 is 11.3 Å². The van der Waals surface area contributed by atoms with Gasteiger partial charge in [0, 0.05) is 81.9 Å². The highest BCUT2D eigenvalue weighted by Gasteiger charge is 2.51. The molecule has 58 heavy (non-hydrogen) atoms. The number of hydrogen-bond donors (Lipinski definition) is 2. The largest absolute Gasteiger partial charge is 0.381 e. The number of imide groups is 1. The van der Waals surface area contributed by atoms with Crippen LogP contribution in [0.1, 0.15) is 86.3 Å². The number of nitriles is 1. The number of amides is 2. The second-order valence-electron chi connectivity index (χ2n) is 17.0. The Morgan fingerprint density at radius 2 is 1.72 bits per heavy atom. The normalized spacial score (nSPS) is 25.5. The van der Waals surface area contributed by atoms with Gasteiger partial charge in [-0.25, -0.2) is 9.50 Å². The molecule has 298 valence electrons. The Labute approximate surface area is 341 Å². The second-order valence-corrected chi connectivity index (χ2v) is 17.9. The smallest absolute Gasteiger partial charge is 0.234 e. The number of hydrogen-bond acceptors (Lipinski definition) is 13. The van der Waals surface area contributed by atoms with Gasteiger partial charge in [-0.15, -0.1) is 10.2 Å². The van der Waals surface area contributed by atoms with Crippen molar-refractivity contribution < 1.29 is 14.3 Å². The Morgan fingerprint density at radius 3 is 2.47 bits per heavy atom. The molecule has 2 bridgehead atoms. The quantitative estimate of drug-likeness (QED) is 0.175. The highest BCUT2D eigenvalue weighted by Crippen LogP contribution is 2.58. The first-order valence-corrected chi connectivity index (χ1v) is 21.5. The zero-order valence-corrected chi connectivity index (χ0v) is 33.3. The molecular weight excluding hydrogens is 751 g/mol. The molecule has 3 aliphatic heterocycles. The van der Waals surface area contributed by atoms with Crippen LogP contribution in [0.15, 0.2) is 55.0 Å². The van der Waals surface area contributed by atoms with Crippen molar-refractivity contribution in [2.45, 2.75) is 81.6 Å². The lowest BCUT2D eigenvalue weighted by Gasteiger charge is -2.54. The van der Waals surface area contributed by atoms with Crippen LogP contribution in [0, 0.1) is 16.7 Å². The molecule has 2 amide bonds. The first kappa shape index (κ1) is 37.0. The minimum Gasteiger partial charge on any atom is -0.381 e. The van der Waals surface area contributed by atoms with Gasteiger partial charge in [0.1, 0.15) is 16.9 Å². The lowest BCUT2D eigenvalue weighted by molar-refractivity contribution is -0.134. The topological polar surface area (TPSA) is 167 Å². The molecule has 2 N–H and O–H groups in total. The van der Waals surface area contributed by atoms with E-state index in [9.17, 15) is 14.9 Å². The monoisotopic (exact) mass is 797 g/mol. The van der Waals surface area contributed by atoms with Crippen LogP contribution < -0.4 is 15.5 Å². The molecule has 3 saturated heterocycles. The molecule has 5 aromatic rings. The van der Waals surface area contributed by atoms with Crippen LogP contribution in [0.5, 0.6) is 0 Å². The van der Waals surface area contributed by atoms with Crippen LogP contribution in [0.3, 0.4) is 0 Å². The number of fused-ring (bicyclic) bond motifs is 4. The summed E-state index contributed by atoms with van der Waals surface area (Å²) < 4.78 is 7.50. The number of ether oxygens (including phenoxy) is 1. The molecule has 3 aliphatic carbocycles. The molecule has 0 unspecified atom stereocenters. The Balaban J connectivity index is 0.796. The molecule has 1 atom stereocenters. The lowest BCUT2D eigenvalue weighted by atomic mass is 9.54. The van der Waals surface area contributed by atoms with Gasteiger partial charge in [-0.05, 0) is 99.1 Å². The minimum absolute atomic E-state index is 0.0858. The third-order valence-electron chi connectivity index (χ3n) is 13.6. The molecule has 8 heterocycles. The van der Waals surface area contributed by atoms with E-state index in [-0.39, 0.29) is 29.2 Å². The predicted octanol–water partition coefficient (Wildman–Crippen LogP) is 5.71. The van der Waals surface area contributed by atoms with Gasteiger partial charge in [0.25, 0.3) is 0 Å². The highest BCUT2D eigenvalue weighted by atomic mass is 32.1. The average Bonchev–Trinajstić information content (AvgIpc) is 3.94. The third-order valence-corrected chi connectivity index (χ3v) is 14.8. The summed E-state index contributed by atoms with van der Waals surface area (Å²) in [6.45, 7) is 6.52. The summed E-state index contributed by atoms with van der Waals surface area (Å²) in [7, 11) is 0. The number of anilines is 2. The summed E-state index contributed by atoms with van der Waals surface area (Å²) >= 11 is 1.74. The number of piperazine rings is 1. The number of nitrogens with one attached hydrogen (secondary N) is 2. The van der Waals surface area contributed by atoms with E-state index in [0.717, 1.165) is 128 Å². The zero-order chi connectivity index (χ0) is 39.3. The van der Waals surface area contributed by atoms with E-state index in [2.05, 4.69) is 37.7 Å². The van der Waals surface area contributed by atoms with Crippen molar-refractivity contribution in [3.05, 3.63) is 71.1 Å². The highest BCUT2D eigenvalue weighted by molar-refractivity contribution is 7.14. The van der Waals surface area contributed by atoms with Gasteiger partial charge in [0.05, 0.1) is 40.1 Å². The number of piperidine rings is 1. The summed E-state index contributed by atoms with van der Waals surface area (Å²) in [4.78, 5) is 38.6. The average molecular weight is 798 g/mol. The fourth-order valence-corrected chi connectivity index (χ4v) is 11.1. The minimum atomic E-state index is -0.307. The van der Waals surface area contributed by atoms with Crippen molar-refractivity contribution in [3.63, 3.8) is 0 Å². The Hall–Kier alpha value is -5.30. The van der Waals surface area contributed by atoms with E-state index < -0.39 is 0 Å². The van der Waals surface area contributed by atoms with E-state index in [1.165, 1.54) is 19.3 Å². The number of nitrogens with zero attached hydrogens (tertiary/aromatic N) is 9. The van der Waals surface area contributed by atoms with E-state index in [1.54, 1.807) is 17.5 Å². The van der Waals surface area contributed by atoms with Crippen LogP contribution in [0.25, 0.3) is 27.5 Å². The van der Waals surface area contributed by atoms with E-state index in [0.29, 0.717) is 23.8 Å². The van der Waals surface area contributed by atoms with Crippen molar-refractivity contribution >= 4 is 40.2 Å². The van der Waals surface area contributed by atoms with Crippen LogP contribution in [-0.4, -0.2) is 98.5 Å². The molecule has 0 spiro atoms. The summed E-state index contributed by atoms with van der Waals surface area (Å²) in [6.07, 6.45) is 15.2. The maximum atomic E-state index is 12.3. The first-order chi connectivity index (χ1) is 28.4. The Morgan fingerprint density at radius 1 is 0.914 bits per heavy atom. The number of carbonyl (C=O) groups is 2. The van der Waals surface area contributed by atoms with Gasteiger partial charge in [0.15, 0.2) is 5.01 Å². The molecular formula is C43H47N11O3S. The molecule has 14 nitrogen and oxygen atoms in total. The molecule has 5 aromatic heterocycles. The molecule has 6 fully saturated rings. The van der Waals surface area contributed by atoms with Crippen LogP contribution in [-0.2, 0) is 19.7 Å². The number of pyridine rings is 2. The molecule has 11 rings (SSSR count). The van der Waals surface area contributed by atoms with Crippen LogP contribution in [0.2, 0.25) is 0 Å². The SMILES string of the molecule is N#Cc1cnn2c(-c3cc(NC4CCOCC4)c(-c4nnc(C56CCC(CN7CCN(c8ccc([C@@H]9CCC(=O)NC9=O)cn8)CC7)(CC5)CC6)s4)cn3)ccc2c1. The number of carbonyl (C=O) groups excluding carboxylic acids is 2. The zero-order valence-electron chi connectivity index (χ0n) is 32.5. The van der Waals surface area contributed by atoms with Gasteiger partial charge in [-0.3, -0.25) is 24.8 Å². The van der Waals surface area contributed by atoms with Crippen molar-refractivity contribution in [2.75, 3.05) is 56.2 Å². The fourth-order valence-electron chi connectivity index (χ4n) is 9.98. The first-order valence-electron chi connectivity index (χ1n) is 20.7. The summed E-state index contributed by atoms with van der Waals surface area (Å²) in [5, 5.41) is 32.0. The Bertz CT molecular complexity index is 2370. The van der Waals surface area contributed by atoms with E-state index in [4.69, 9.17) is 24.9 Å². The molecule has 0 radical (unpaired) electrons. The molecule has 6 aliphatic rings. The van der Waals surface area contributed by atoms with Crippen molar-refractivity contribution in [3.8, 4) is 28.0 Å². The maximum Gasteiger partial charge on any atom is 0.234 e. The predicted molar refractivity (Wildman–Crippen MR) is 219 cm³/mol. The number of rotatable bonds is 9. The summed E-state index contributed by atoms with van der Waals surface area (Å²) in [5.41, 5.74) is 6.32. The van der Waals surface area contributed by atoms with Crippen molar-refractivity contribution in [2.24, 2.45) is 5.41 Å². The number of aromatic nitrogens is 6. The van der Waals surface area contributed by atoms with E-state index >= 15 is 0 Å². The van der Waals surface area contributed by atoms with Crippen molar-refractivity contribution in [1.82, 2.24) is 40.0 Å². The lowest BCUT2D eigenvalue weighted by Crippen LogP contribution is -2.53. The molecule has 3 saturated carbocycles. The molecule has 0 aromatic carbocycles. The van der Waals surface area contributed by atoms with Gasteiger partial charge in [0.2, 0.25) is 11.8 Å². The fraction of sp³-hybridized carbons (Fsp3) is 0.488. The maximum absolute atomic E-state index is 12.3. The van der Waals surface area contributed by atoms with Gasteiger partial charge >= 0.3 is 0 Å². The third kappa shape index (κ3) is 7.01. The van der Waals surface area contributed by atoms with Crippen molar-refractivity contribution in [1.29, 1.82) is 5.26 Å². The van der Waals surface area contributed by atoms with Gasteiger partial charge in [-0.2, -0.15) is 10.4 Å². The van der Waals surface area contributed by atoms with Gasteiger partial charge < -0.3 is 15.0 Å². The van der Waals surface area contributed by atoms with Crippen LogP contribution in [0.4, 0.5) is 11.5 Å². The van der Waals surface area contributed by atoms with E-state index in [1.807, 2.05) is 47.2 Å². The Kier molecular flexibility index (Phi) is 9.66. The van der Waals surface area contributed by atoms with Gasteiger partial charge in [-0.1, -0.05) is 17.4 Å². The summed E-state index contributed by atoms with van der Waals surface area (Å²) in [5.74, 6) is 0.228. The summed E-state index contributed by atoms with van der Waals surface area (Å²) in [6, 6.07) is 14.4.